The van der Waals surface area contributed by atoms with Crippen LogP contribution in [0.25, 0.3) is 16.9 Å². The molecular formula is C27H28FN7OS. The summed E-state index contributed by atoms with van der Waals surface area (Å²) in [6.07, 6.45) is 3.82. The van der Waals surface area contributed by atoms with E-state index in [2.05, 4.69) is 46.4 Å². The van der Waals surface area contributed by atoms with Gasteiger partial charge in [-0.25, -0.2) is 14.4 Å². The molecule has 1 fully saturated rings. The number of piperazine rings is 1. The van der Waals surface area contributed by atoms with E-state index in [1.807, 2.05) is 11.9 Å². The average Bonchev–Trinajstić information content (AvgIpc) is 3.51. The van der Waals surface area contributed by atoms with Crippen LogP contribution in [-0.2, 0) is 11.2 Å². The minimum absolute atomic E-state index is 0.329. The lowest BCUT2D eigenvalue weighted by atomic mass is 10.1. The van der Waals surface area contributed by atoms with Crippen LogP contribution < -0.4 is 9.80 Å². The number of aromatic nitrogens is 3. The number of pyridine rings is 1. The van der Waals surface area contributed by atoms with Gasteiger partial charge in [0.25, 0.3) is 0 Å². The van der Waals surface area contributed by atoms with E-state index in [0.717, 1.165) is 67.3 Å². The van der Waals surface area contributed by atoms with E-state index >= 15 is 0 Å². The number of aldehydes is 1. The van der Waals surface area contributed by atoms with E-state index in [-0.39, 0.29) is 5.82 Å². The van der Waals surface area contributed by atoms with Gasteiger partial charge in [-0.15, -0.1) is 0 Å². The van der Waals surface area contributed by atoms with E-state index < -0.39 is 0 Å². The molecule has 0 saturated carbocycles. The van der Waals surface area contributed by atoms with Gasteiger partial charge in [0.1, 0.15) is 40.2 Å². The number of fused-ring (bicyclic) bond motifs is 1. The molecule has 0 bridgehead atoms. The molecule has 0 amide bonds. The summed E-state index contributed by atoms with van der Waals surface area (Å²) < 4.78 is 15.6. The molecule has 1 aliphatic heterocycles. The smallest absolute Gasteiger partial charge is 0.192 e. The van der Waals surface area contributed by atoms with Gasteiger partial charge in [-0.3, -0.25) is 9.30 Å². The third-order valence-corrected chi connectivity index (χ3v) is 7.82. The normalized spacial score (nSPS) is 14.2. The number of carbonyl (C=O) groups is 1. The Morgan fingerprint density at radius 1 is 1.19 bits per heavy atom. The molecule has 0 radical (unpaired) electrons. The van der Waals surface area contributed by atoms with Crippen LogP contribution in [0.2, 0.25) is 0 Å². The number of hydrogen-bond donors (Lipinski definition) is 0. The SMILES string of the molecule is CCc1nc2c(C)cc(N3CCN(CC=O)CC3)cn2c1N(C)c1nc(-c2ccc(F)cc2)c(C#N)s1. The maximum absolute atomic E-state index is 13.5. The number of rotatable bonds is 7. The van der Waals surface area contributed by atoms with Crippen molar-refractivity contribution in [3.05, 3.63) is 58.5 Å². The lowest BCUT2D eigenvalue weighted by Gasteiger charge is -2.35. The molecule has 0 aliphatic carbocycles. The maximum atomic E-state index is 13.5. The number of thiazole rings is 1. The Morgan fingerprint density at radius 2 is 1.92 bits per heavy atom. The quantitative estimate of drug-likeness (QED) is 0.336. The van der Waals surface area contributed by atoms with Crippen LogP contribution >= 0.6 is 11.3 Å². The van der Waals surface area contributed by atoms with Gasteiger partial charge in [-0.1, -0.05) is 18.3 Å². The molecule has 1 aromatic carbocycles. The zero-order valence-electron chi connectivity index (χ0n) is 21.1. The van der Waals surface area contributed by atoms with Gasteiger partial charge >= 0.3 is 0 Å². The number of aryl methyl sites for hydroxylation is 2. The van der Waals surface area contributed by atoms with Gasteiger partial charge in [-0.2, -0.15) is 5.26 Å². The molecule has 8 nitrogen and oxygen atoms in total. The van der Waals surface area contributed by atoms with E-state index in [9.17, 15) is 14.4 Å². The molecule has 10 heteroatoms. The molecule has 0 unspecified atom stereocenters. The first-order valence-electron chi connectivity index (χ1n) is 12.3. The number of anilines is 3. The van der Waals surface area contributed by atoms with Gasteiger partial charge in [0.15, 0.2) is 5.13 Å². The first kappa shape index (κ1) is 24.9. The van der Waals surface area contributed by atoms with Gasteiger partial charge in [0.2, 0.25) is 0 Å². The van der Waals surface area contributed by atoms with Gasteiger partial charge in [0.05, 0.1) is 17.9 Å². The zero-order chi connectivity index (χ0) is 26.1. The van der Waals surface area contributed by atoms with Crippen molar-refractivity contribution in [2.24, 2.45) is 0 Å². The zero-order valence-corrected chi connectivity index (χ0v) is 21.9. The maximum Gasteiger partial charge on any atom is 0.192 e. The molecule has 0 spiro atoms. The largest absolute Gasteiger partial charge is 0.368 e. The third-order valence-electron chi connectivity index (χ3n) is 6.78. The van der Waals surface area contributed by atoms with E-state index in [1.54, 1.807) is 12.1 Å². The fourth-order valence-electron chi connectivity index (χ4n) is 4.81. The van der Waals surface area contributed by atoms with Crippen molar-refractivity contribution in [3.63, 3.8) is 0 Å². The second-order valence-electron chi connectivity index (χ2n) is 9.12. The van der Waals surface area contributed by atoms with Crippen LogP contribution in [0.4, 0.5) is 21.0 Å². The number of imidazole rings is 1. The van der Waals surface area contributed by atoms with E-state index in [4.69, 9.17) is 9.97 Å². The van der Waals surface area contributed by atoms with Crippen molar-refractivity contribution < 1.29 is 9.18 Å². The van der Waals surface area contributed by atoms with Crippen LogP contribution in [0.1, 0.15) is 23.1 Å². The average molecular weight is 518 g/mol. The molecule has 1 saturated heterocycles. The second-order valence-corrected chi connectivity index (χ2v) is 10.1. The molecule has 0 atom stereocenters. The molecule has 1 aliphatic rings. The minimum Gasteiger partial charge on any atom is -0.368 e. The summed E-state index contributed by atoms with van der Waals surface area (Å²) in [6.45, 7) is 8.00. The molecule has 3 aromatic heterocycles. The predicted octanol–water partition coefficient (Wildman–Crippen LogP) is 4.43. The fourth-order valence-corrected chi connectivity index (χ4v) is 5.66. The molecule has 0 N–H and O–H groups in total. The highest BCUT2D eigenvalue weighted by atomic mass is 32.1. The number of benzene rings is 1. The van der Waals surface area contributed by atoms with Crippen molar-refractivity contribution in [3.8, 4) is 17.3 Å². The monoisotopic (exact) mass is 517 g/mol. The molecule has 190 valence electrons. The summed E-state index contributed by atoms with van der Waals surface area (Å²) in [4.78, 5) is 27.6. The Hall–Kier alpha value is -3.81. The first-order chi connectivity index (χ1) is 17.9. The van der Waals surface area contributed by atoms with Crippen molar-refractivity contribution in [2.45, 2.75) is 20.3 Å². The highest BCUT2D eigenvalue weighted by Gasteiger charge is 2.24. The summed E-state index contributed by atoms with van der Waals surface area (Å²) in [7, 11) is 1.94. The van der Waals surface area contributed by atoms with Gasteiger partial charge < -0.3 is 14.6 Å². The van der Waals surface area contributed by atoms with Crippen LogP contribution in [0.15, 0.2) is 36.5 Å². The molecule has 5 rings (SSSR count). The summed E-state index contributed by atoms with van der Waals surface area (Å²) in [5.74, 6) is 0.579. The summed E-state index contributed by atoms with van der Waals surface area (Å²) in [6, 6.07) is 10.5. The van der Waals surface area contributed by atoms with Crippen molar-refractivity contribution >= 4 is 39.9 Å². The highest BCUT2D eigenvalue weighted by Crippen LogP contribution is 2.37. The summed E-state index contributed by atoms with van der Waals surface area (Å²) >= 11 is 1.31. The molecule has 4 heterocycles. The molecule has 37 heavy (non-hydrogen) atoms. The lowest BCUT2D eigenvalue weighted by molar-refractivity contribution is -0.108. The van der Waals surface area contributed by atoms with Crippen molar-refractivity contribution in [1.29, 1.82) is 5.26 Å². The third kappa shape index (κ3) is 4.68. The second kappa shape index (κ2) is 10.3. The van der Waals surface area contributed by atoms with Crippen molar-refractivity contribution in [2.75, 3.05) is 49.6 Å². The number of nitriles is 1. The Kier molecular flexibility index (Phi) is 6.91. The summed E-state index contributed by atoms with van der Waals surface area (Å²) in [5, 5.41) is 10.4. The van der Waals surface area contributed by atoms with Gasteiger partial charge in [-0.05, 0) is 49.2 Å². The fraction of sp³-hybridized carbons (Fsp3) is 0.333. The van der Waals surface area contributed by atoms with Crippen LogP contribution in [0, 0.1) is 24.1 Å². The van der Waals surface area contributed by atoms with Gasteiger partial charge in [0, 0.05) is 45.0 Å². The van der Waals surface area contributed by atoms with E-state index in [1.165, 1.54) is 23.5 Å². The van der Waals surface area contributed by atoms with Crippen LogP contribution in [0.3, 0.4) is 0 Å². The Labute approximate surface area is 219 Å². The molecular weight excluding hydrogens is 489 g/mol. The topological polar surface area (TPSA) is 80.8 Å². The lowest BCUT2D eigenvalue weighted by Crippen LogP contribution is -2.47. The summed E-state index contributed by atoms with van der Waals surface area (Å²) in [5.41, 5.74) is 5.26. The number of hydrogen-bond acceptors (Lipinski definition) is 8. The number of halogens is 1. The van der Waals surface area contributed by atoms with Crippen molar-refractivity contribution in [1.82, 2.24) is 19.3 Å². The van der Waals surface area contributed by atoms with Crippen LogP contribution in [-0.4, -0.2) is 65.3 Å². The molecule has 4 aromatic rings. The first-order valence-corrected chi connectivity index (χ1v) is 13.1. The predicted molar refractivity (Wildman–Crippen MR) is 144 cm³/mol. The Balaban J connectivity index is 1.54. The highest BCUT2D eigenvalue weighted by molar-refractivity contribution is 7.16. The van der Waals surface area contributed by atoms with E-state index in [0.29, 0.717) is 27.8 Å². The Bertz CT molecular complexity index is 1480. The number of carbonyl (C=O) groups excluding carboxylic acids is 1. The van der Waals surface area contributed by atoms with Crippen LogP contribution in [0.5, 0.6) is 0 Å². The Morgan fingerprint density at radius 3 is 2.57 bits per heavy atom. The standard InChI is InChI=1S/C27H28FN7OS/c1-4-22-26(32(3)27-31-24(23(16-29)37-27)19-5-7-20(28)8-6-19)35-17-21(15-18(2)25(35)30-22)34-11-9-33(10-12-34)13-14-36/h5-8,14-15,17H,4,9-13H2,1-3H3. The number of nitrogens with zero attached hydrogens (tertiary/aromatic N) is 7. The minimum atomic E-state index is -0.329.